The number of anilines is 1. The van der Waals surface area contributed by atoms with Crippen LogP contribution in [0, 0.1) is 0 Å². The molecule has 1 aliphatic rings. The molecule has 0 bridgehead atoms. The zero-order valence-corrected chi connectivity index (χ0v) is 14.5. The van der Waals surface area contributed by atoms with Crippen LogP contribution in [0.1, 0.15) is 22.3 Å². The van der Waals surface area contributed by atoms with Crippen molar-refractivity contribution in [1.29, 1.82) is 0 Å². The Morgan fingerprint density at radius 2 is 1.92 bits per heavy atom. The van der Waals surface area contributed by atoms with Crippen molar-refractivity contribution in [2.75, 3.05) is 23.2 Å². The van der Waals surface area contributed by atoms with Gasteiger partial charge in [0.1, 0.15) is 6.61 Å². The van der Waals surface area contributed by atoms with Gasteiger partial charge in [0.2, 0.25) is 10.0 Å². The second-order valence-electron chi connectivity index (χ2n) is 5.70. The lowest BCUT2D eigenvalue weighted by molar-refractivity contribution is 0.0550. The Balaban J connectivity index is 1.63. The molecule has 3 rings (SSSR count). The van der Waals surface area contributed by atoms with Gasteiger partial charge in [-0.3, -0.25) is 4.31 Å². The van der Waals surface area contributed by atoms with Crippen LogP contribution in [0.2, 0.25) is 0 Å². The third kappa shape index (κ3) is 4.28. The van der Waals surface area contributed by atoms with Gasteiger partial charge in [0.05, 0.1) is 17.0 Å². The van der Waals surface area contributed by atoms with Crippen molar-refractivity contribution in [3.63, 3.8) is 0 Å². The van der Waals surface area contributed by atoms with Gasteiger partial charge in [0.25, 0.3) is 0 Å². The number of sulfonamides is 1. The highest BCUT2D eigenvalue weighted by Crippen LogP contribution is 2.24. The topological polar surface area (TPSA) is 63.7 Å². The van der Waals surface area contributed by atoms with Crippen LogP contribution in [-0.4, -0.2) is 33.3 Å². The maximum Gasteiger partial charge on any atom is 0.338 e. The molecule has 5 nitrogen and oxygen atoms in total. The summed E-state index contributed by atoms with van der Waals surface area (Å²) in [7, 11) is -3.26. The first-order valence-electron chi connectivity index (χ1n) is 8.05. The summed E-state index contributed by atoms with van der Waals surface area (Å²) >= 11 is 0. The number of carbonyl (C=O) groups is 1. The number of hydrogen-bond acceptors (Lipinski definition) is 4. The molecule has 0 unspecified atom stereocenters. The molecule has 2 aromatic carbocycles. The van der Waals surface area contributed by atoms with Crippen molar-refractivity contribution >= 4 is 27.8 Å². The Labute approximate surface area is 147 Å². The molecule has 0 aromatic heterocycles. The zero-order valence-electron chi connectivity index (χ0n) is 13.7. The minimum absolute atomic E-state index is 0.145. The molecule has 25 heavy (non-hydrogen) atoms. The first-order chi connectivity index (χ1) is 12.1. The fraction of sp³-hybridized carbons (Fsp3) is 0.211. The van der Waals surface area contributed by atoms with Crippen molar-refractivity contribution in [1.82, 2.24) is 0 Å². The molecule has 0 radical (unpaired) electrons. The van der Waals surface area contributed by atoms with E-state index in [-0.39, 0.29) is 12.4 Å². The van der Waals surface area contributed by atoms with Crippen LogP contribution >= 0.6 is 0 Å². The van der Waals surface area contributed by atoms with E-state index in [0.29, 0.717) is 24.2 Å². The molecule has 0 N–H and O–H groups in total. The third-order valence-electron chi connectivity index (χ3n) is 3.89. The number of carbonyl (C=O) groups excluding carboxylic acids is 1. The molecule has 0 amide bonds. The van der Waals surface area contributed by atoms with E-state index in [2.05, 4.69) is 0 Å². The van der Waals surface area contributed by atoms with Crippen LogP contribution in [0.5, 0.6) is 0 Å². The van der Waals surface area contributed by atoms with Crippen LogP contribution < -0.4 is 4.31 Å². The molecule has 0 atom stereocenters. The number of benzene rings is 2. The van der Waals surface area contributed by atoms with Crippen LogP contribution in [0.25, 0.3) is 6.08 Å². The summed E-state index contributed by atoms with van der Waals surface area (Å²) in [5.41, 5.74) is 1.87. The molecule has 130 valence electrons. The van der Waals surface area contributed by atoms with Gasteiger partial charge in [-0.2, -0.15) is 0 Å². The predicted molar refractivity (Wildman–Crippen MR) is 98.0 cm³/mol. The average molecular weight is 357 g/mol. The van der Waals surface area contributed by atoms with E-state index in [4.69, 9.17) is 4.74 Å². The number of rotatable bonds is 5. The van der Waals surface area contributed by atoms with E-state index in [9.17, 15) is 13.2 Å². The van der Waals surface area contributed by atoms with Crippen molar-refractivity contribution in [2.45, 2.75) is 6.42 Å². The molecular weight excluding hydrogens is 338 g/mol. The normalized spacial score (nSPS) is 16.2. The van der Waals surface area contributed by atoms with Gasteiger partial charge in [-0.05, 0) is 36.3 Å². The molecule has 1 fully saturated rings. The lowest BCUT2D eigenvalue weighted by Gasteiger charge is -2.17. The maximum atomic E-state index is 12.2. The van der Waals surface area contributed by atoms with Gasteiger partial charge in [-0.25, -0.2) is 13.2 Å². The summed E-state index contributed by atoms with van der Waals surface area (Å²) in [5.74, 6) is -0.331. The first kappa shape index (κ1) is 17.2. The molecule has 1 saturated heterocycles. The number of ether oxygens (including phenoxy) is 1. The summed E-state index contributed by atoms with van der Waals surface area (Å²) in [4.78, 5) is 12.2. The summed E-state index contributed by atoms with van der Waals surface area (Å²) < 4.78 is 30.6. The molecule has 1 heterocycles. The van der Waals surface area contributed by atoms with Gasteiger partial charge in [0, 0.05) is 6.54 Å². The highest BCUT2D eigenvalue weighted by Gasteiger charge is 2.28. The molecule has 6 heteroatoms. The van der Waals surface area contributed by atoms with Gasteiger partial charge >= 0.3 is 5.97 Å². The average Bonchev–Trinajstić information content (AvgIpc) is 2.99. The van der Waals surface area contributed by atoms with Crippen molar-refractivity contribution in [3.05, 3.63) is 71.8 Å². The number of esters is 1. The molecule has 0 spiro atoms. The fourth-order valence-electron chi connectivity index (χ4n) is 2.67. The summed E-state index contributed by atoms with van der Waals surface area (Å²) in [5, 5.41) is 0. The predicted octanol–water partition coefficient (Wildman–Crippen LogP) is 3.10. The minimum atomic E-state index is -3.26. The molecular formula is C19H19NO4S. The van der Waals surface area contributed by atoms with Crippen LogP contribution in [0.4, 0.5) is 5.69 Å². The van der Waals surface area contributed by atoms with E-state index in [1.165, 1.54) is 4.31 Å². The van der Waals surface area contributed by atoms with Gasteiger partial charge in [-0.1, -0.05) is 42.5 Å². The van der Waals surface area contributed by atoms with Crippen molar-refractivity contribution in [2.24, 2.45) is 0 Å². The molecule has 1 aliphatic heterocycles. The minimum Gasteiger partial charge on any atom is -0.458 e. The SMILES string of the molecule is O=C(OC/C=C\c1ccccc1)c1cccc(N2CCCS2(=O)=O)c1. The summed E-state index contributed by atoms with van der Waals surface area (Å²) in [6.45, 7) is 0.598. The Bertz CT molecular complexity index is 875. The third-order valence-corrected chi connectivity index (χ3v) is 5.76. The van der Waals surface area contributed by atoms with E-state index in [0.717, 1.165) is 5.56 Å². The van der Waals surface area contributed by atoms with E-state index < -0.39 is 16.0 Å². The first-order valence-corrected chi connectivity index (χ1v) is 9.66. The Morgan fingerprint density at radius 3 is 2.64 bits per heavy atom. The smallest absolute Gasteiger partial charge is 0.338 e. The molecule has 0 aliphatic carbocycles. The second-order valence-corrected chi connectivity index (χ2v) is 7.72. The Hall–Kier alpha value is -2.60. The standard InChI is InChI=1S/C19H19NO4S/c21-19(24-13-5-9-16-7-2-1-3-8-16)17-10-4-11-18(15-17)20-12-6-14-25(20,22)23/h1-5,7-11,15H,6,12-14H2/b9-5-. The van der Waals surface area contributed by atoms with E-state index in [1.54, 1.807) is 30.3 Å². The largest absolute Gasteiger partial charge is 0.458 e. The van der Waals surface area contributed by atoms with Crippen LogP contribution in [0.15, 0.2) is 60.7 Å². The summed E-state index contributed by atoms with van der Waals surface area (Å²) in [6, 6.07) is 16.3. The van der Waals surface area contributed by atoms with Gasteiger partial charge < -0.3 is 4.74 Å². The summed E-state index contributed by atoms with van der Waals surface area (Å²) in [6.07, 6.45) is 4.24. The number of nitrogens with zero attached hydrogens (tertiary/aromatic N) is 1. The van der Waals surface area contributed by atoms with E-state index in [1.807, 2.05) is 36.4 Å². The quantitative estimate of drug-likeness (QED) is 0.772. The lowest BCUT2D eigenvalue weighted by atomic mass is 10.2. The highest BCUT2D eigenvalue weighted by atomic mass is 32.2. The Kier molecular flexibility index (Phi) is 5.19. The monoisotopic (exact) mass is 357 g/mol. The second kappa shape index (κ2) is 7.53. The van der Waals surface area contributed by atoms with Crippen LogP contribution in [0.3, 0.4) is 0 Å². The van der Waals surface area contributed by atoms with Gasteiger partial charge in [0.15, 0.2) is 0 Å². The number of hydrogen-bond donors (Lipinski definition) is 0. The highest BCUT2D eigenvalue weighted by molar-refractivity contribution is 7.93. The zero-order chi connectivity index (χ0) is 17.7. The maximum absolute atomic E-state index is 12.2. The fourth-order valence-corrected chi connectivity index (χ4v) is 4.23. The van der Waals surface area contributed by atoms with E-state index >= 15 is 0 Å². The Morgan fingerprint density at radius 1 is 1.12 bits per heavy atom. The van der Waals surface area contributed by atoms with Crippen LogP contribution in [-0.2, 0) is 14.8 Å². The lowest BCUT2D eigenvalue weighted by Crippen LogP contribution is -2.25. The van der Waals surface area contributed by atoms with Crippen molar-refractivity contribution < 1.29 is 17.9 Å². The van der Waals surface area contributed by atoms with Crippen molar-refractivity contribution in [3.8, 4) is 0 Å². The van der Waals surface area contributed by atoms with Gasteiger partial charge in [-0.15, -0.1) is 0 Å². The molecule has 2 aromatic rings. The molecule has 0 saturated carbocycles.